The summed E-state index contributed by atoms with van der Waals surface area (Å²) >= 11 is 1.71. The standard InChI is InChI=1S/C17H27NO2SSi/c1-12(20-22(5,6)17(2,3)4)14-15(19)18-16(14)21-13-10-8-7-9-11-13/h7-12,14,16H,1-6H3,(H,18,19)/t12-,14+,16+/m1/s1. The maximum atomic E-state index is 12.0. The number of carbonyl (C=O) groups is 1. The minimum absolute atomic E-state index is 0.0455. The van der Waals surface area contributed by atoms with Crippen molar-refractivity contribution in [1.82, 2.24) is 5.32 Å². The van der Waals surface area contributed by atoms with E-state index in [1.54, 1.807) is 11.8 Å². The van der Waals surface area contributed by atoms with E-state index in [1.807, 2.05) is 25.1 Å². The molecule has 1 aliphatic heterocycles. The molecule has 0 radical (unpaired) electrons. The molecule has 1 aromatic carbocycles. The van der Waals surface area contributed by atoms with Crippen LogP contribution in [-0.4, -0.2) is 25.7 Å². The Morgan fingerprint density at radius 1 is 1.23 bits per heavy atom. The van der Waals surface area contributed by atoms with E-state index in [2.05, 4.69) is 51.3 Å². The van der Waals surface area contributed by atoms with E-state index in [-0.39, 0.29) is 28.3 Å². The molecule has 1 aromatic rings. The maximum absolute atomic E-state index is 12.0. The van der Waals surface area contributed by atoms with Crippen molar-refractivity contribution < 1.29 is 9.22 Å². The molecule has 122 valence electrons. The van der Waals surface area contributed by atoms with Crippen LogP contribution in [0.1, 0.15) is 27.7 Å². The van der Waals surface area contributed by atoms with Gasteiger partial charge in [0, 0.05) is 4.90 Å². The van der Waals surface area contributed by atoms with Crippen LogP contribution in [0.25, 0.3) is 0 Å². The average Bonchev–Trinajstić information content (AvgIpc) is 2.36. The summed E-state index contributed by atoms with van der Waals surface area (Å²) in [6.07, 6.45) is -0.0455. The molecule has 0 unspecified atom stereocenters. The Bertz CT molecular complexity index is 527. The Morgan fingerprint density at radius 3 is 2.32 bits per heavy atom. The van der Waals surface area contributed by atoms with E-state index in [0.717, 1.165) is 0 Å². The fourth-order valence-electron chi connectivity index (χ4n) is 2.29. The number of hydrogen-bond acceptors (Lipinski definition) is 3. The third kappa shape index (κ3) is 3.75. The molecule has 1 heterocycles. The predicted molar refractivity (Wildman–Crippen MR) is 95.5 cm³/mol. The highest BCUT2D eigenvalue weighted by molar-refractivity contribution is 8.00. The molecule has 3 nitrogen and oxygen atoms in total. The fourth-order valence-corrected chi connectivity index (χ4v) is 4.99. The van der Waals surface area contributed by atoms with Gasteiger partial charge >= 0.3 is 0 Å². The summed E-state index contributed by atoms with van der Waals surface area (Å²) in [5, 5.41) is 3.27. The van der Waals surface area contributed by atoms with Crippen molar-refractivity contribution in [2.45, 2.75) is 62.2 Å². The quantitative estimate of drug-likeness (QED) is 0.644. The number of thioether (sulfide) groups is 1. The largest absolute Gasteiger partial charge is 0.413 e. The van der Waals surface area contributed by atoms with Gasteiger partial charge in [-0.05, 0) is 37.2 Å². The normalized spacial score (nSPS) is 23.6. The van der Waals surface area contributed by atoms with Crippen molar-refractivity contribution in [1.29, 1.82) is 0 Å². The first kappa shape index (κ1) is 17.6. The van der Waals surface area contributed by atoms with Gasteiger partial charge in [0.2, 0.25) is 5.91 Å². The molecule has 22 heavy (non-hydrogen) atoms. The van der Waals surface area contributed by atoms with Crippen LogP contribution in [0.2, 0.25) is 18.1 Å². The van der Waals surface area contributed by atoms with Crippen molar-refractivity contribution in [3.05, 3.63) is 30.3 Å². The first-order valence-electron chi connectivity index (χ1n) is 7.82. The van der Waals surface area contributed by atoms with E-state index in [0.29, 0.717) is 0 Å². The van der Waals surface area contributed by atoms with E-state index < -0.39 is 8.32 Å². The zero-order valence-corrected chi connectivity index (χ0v) is 16.2. The summed E-state index contributed by atoms with van der Waals surface area (Å²) in [4.78, 5) is 13.2. The second kappa shape index (κ2) is 6.38. The van der Waals surface area contributed by atoms with E-state index in [9.17, 15) is 4.79 Å². The van der Waals surface area contributed by atoms with Gasteiger partial charge in [-0.15, -0.1) is 11.8 Å². The Labute approximate surface area is 139 Å². The highest BCUT2D eigenvalue weighted by atomic mass is 32.2. The van der Waals surface area contributed by atoms with Crippen LogP contribution < -0.4 is 5.32 Å². The molecule has 0 saturated carbocycles. The van der Waals surface area contributed by atoms with Gasteiger partial charge in [0.25, 0.3) is 0 Å². The SMILES string of the molecule is C[C@@H](O[Si](C)(C)C(C)(C)C)[C@H]1C(=O)N[C@H]1Sc1ccccc1. The van der Waals surface area contributed by atoms with Crippen molar-refractivity contribution in [3.63, 3.8) is 0 Å². The molecule has 1 N–H and O–H groups in total. The van der Waals surface area contributed by atoms with Gasteiger partial charge in [0.1, 0.15) is 0 Å². The Morgan fingerprint density at radius 2 is 1.82 bits per heavy atom. The monoisotopic (exact) mass is 337 g/mol. The summed E-state index contributed by atoms with van der Waals surface area (Å²) in [5.74, 6) is 0.0407. The van der Waals surface area contributed by atoms with Gasteiger partial charge in [-0.2, -0.15) is 0 Å². The lowest BCUT2D eigenvalue weighted by Crippen LogP contribution is -2.62. The zero-order chi connectivity index (χ0) is 16.5. The van der Waals surface area contributed by atoms with Crippen LogP contribution in [0, 0.1) is 5.92 Å². The Kier molecular flexibility index (Phi) is 5.09. The van der Waals surface area contributed by atoms with Crippen molar-refractivity contribution in [2.24, 2.45) is 5.92 Å². The van der Waals surface area contributed by atoms with Gasteiger partial charge in [0.15, 0.2) is 8.32 Å². The molecule has 1 fully saturated rings. The summed E-state index contributed by atoms with van der Waals surface area (Å²) in [7, 11) is -1.85. The van der Waals surface area contributed by atoms with Gasteiger partial charge in [-0.1, -0.05) is 39.0 Å². The lowest BCUT2D eigenvalue weighted by Gasteiger charge is -2.45. The van der Waals surface area contributed by atoms with Gasteiger partial charge in [0.05, 0.1) is 17.4 Å². The number of β-lactam (4-membered cyclic amide) rings is 1. The minimum atomic E-state index is -1.85. The third-order valence-corrected chi connectivity index (χ3v) is 10.5. The number of rotatable bonds is 5. The van der Waals surface area contributed by atoms with Crippen molar-refractivity contribution >= 4 is 26.0 Å². The fraction of sp³-hybridized carbons (Fsp3) is 0.588. The first-order chi connectivity index (χ1) is 10.1. The summed E-state index contributed by atoms with van der Waals surface area (Å²) in [5.41, 5.74) is 0. The molecule has 0 aromatic heterocycles. The van der Waals surface area contributed by atoms with Crippen molar-refractivity contribution in [2.75, 3.05) is 0 Å². The second-order valence-corrected chi connectivity index (χ2v) is 13.4. The number of hydrogen-bond donors (Lipinski definition) is 1. The predicted octanol–water partition coefficient (Wildman–Crippen LogP) is 4.26. The highest BCUT2D eigenvalue weighted by Gasteiger charge is 2.47. The smallest absolute Gasteiger partial charge is 0.229 e. The third-order valence-electron chi connectivity index (χ3n) is 4.71. The molecular formula is C17H27NO2SSi. The molecule has 0 bridgehead atoms. The zero-order valence-electron chi connectivity index (χ0n) is 14.3. The second-order valence-electron chi connectivity index (χ2n) is 7.47. The lowest BCUT2D eigenvalue weighted by molar-refractivity contribution is -0.136. The molecule has 0 aliphatic carbocycles. The van der Waals surface area contributed by atoms with E-state index in [4.69, 9.17) is 4.43 Å². The summed E-state index contributed by atoms with van der Waals surface area (Å²) in [6.45, 7) is 13.2. The molecule has 2 rings (SSSR count). The average molecular weight is 338 g/mol. The van der Waals surface area contributed by atoms with Crippen LogP contribution in [0.4, 0.5) is 0 Å². The molecule has 5 heteroatoms. The molecule has 0 spiro atoms. The van der Waals surface area contributed by atoms with Crippen LogP contribution >= 0.6 is 11.8 Å². The minimum Gasteiger partial charge on any atom is -0.413 e. The number of nitrogens with one attached hydrogen (secondary N) is 1. The molecule has 1 saturated heterocycles. The topological polar surface area (TPSA) is 38.3 Å². The Hall–Kier alpha value is -0.783. The summed E-state index contributed by atoms with van der Waals surface area (Å²) < 4.78 is 6.41. The van der Waals surface area contributed by atoms with E-state index >= 15 is 0 Å². The van der Waals surface area contributed by atoms with Gasteiger partial charge < -0.3 is 9.74 Å². The number of amides is 1. The van der Waals surface area contributed by atoms with Crippen LogP contribution in [0.15, 0.2) is 35.2 Å². The van der Waals surface area contributed by atoms with Gasteiger partial charge in [-0.25, -0.2) is 0 Å². The first-order valence-corrected chi connectivity index (χ1v) is 11.6. The molecular weight excluding hydrogens is 310 g/mol. The summed E-state index contributed by atoms with van der Waals surface area (Å²) in [6, 6.07) is 10.2. The molecule has 1 amide bonds. The number of benzene rings is 1. The van der Waals surface area contributed by atoms with E-state index in [1.165, 1.54) is 4.90 Å². The van der Waals surface area contributed by atoms with Gasteiger partial charge in [-0.3, -0.25) is 4.79 Å². The molecule has 1 aliphatic rings. The van der Waals surface area contributed by atoms with Crippen LogP contribution in [-0.2, 0) is 9.22 Å². The van der Waals surface area contributed by atoms with Crippen molar-refractivity contribution in [3.8, 4) is 0 Å². The lowest BCUT2D eigenvalue weighted by atomic mass is 9.96. The highest BCUT2D eigenvalue weighted by Crippen LogP contribution is 2.40. The van der Waals surface area contributed by atoms with Crippen LogP contribution in [0.5, 0.6) is 0 Å². The number of carbonyl (C=O) groups excluding carboxylic acids is 1. The maximum Gasteiger partial charge on any atom is 0.229 e. The Balaban J connectivity index is 2.02. The van der Waals surface area contributed by atoms with Crippen LogP contribution in [0.3, 0.4) is 0 Å². The molecule has 3 atom stereocenters.